The van der Waals surface area contributed by atoms with Gasteiger partial charge in [0.1, 0.15) is 18.5 Å². The predicted molar refractivity (Wildman–Crippen MR) is 85.8 cm³/mol. The Labute approximate surface area is 140 Å². The van der Waals surface area contributed by atoms with Crippen molar-refractivity contribution in [2.24, 2.45) is 0 Å². The predicted octanol–water partition coefficient (Wildman–Crippen LogP) is 2.28. The van der Waals surface area contributed by atoms with Crippen molar-refractivity contribution in [3.63, 3.8) is 0 Å². The second-order valence-electron chi connectivity index (χ2n) is 5.80. The molecule has 3 rings (SSSR count). The van der Waals surface area contributed by atoms with Gasteiger partial charge in [0.25, 0.3) is 0 Å². The van der Waals surface area contributed by atoms with Gasteiger partial charge in [0.15, 0.2) is 5.89 Å². The van der Waals surface area contributed by atoms with Gasteiger partial charge in [-0.1, -0.05) is 18.6 Å². The Morgan fingerprint density at radius 3 is 2.46 bits per heavy atom. The minimum Gasteiger partial charge on any atom is -0.480 e. The van der Waals surface area contributed by atoms with Crippen molar-refractivity contribution in [3.05, 3.63) is 36.4 Å². The lowest BCUT2D eigenvalue weighted by atomic mass is 9.93. The third-order valence-electron chi connectivity index (χ3n) is 4.15. The molecule has 0 atom stereocenters. The largest absolute Gasteiger partial charge is 0.480 e. The molecule has 0 unspecified atom stereocenters. The number of rotatable bonds is 6. The number of aryl methyl sites for hydroxylation is 1. The second kappa shape index (κ2) is 6.37. The second-order valence-corrected chi connectivity index (χ2v) is 7.70. The molecule has 0 spiro atoms. The van der Waals surface area contributed by atoms with Crippen molar-refractivity contribution in [1.82, 2.24) is 9.29 Å². The van der Waals surface area contributed by atoms with Crippen molar-refractivity contribution in [3.8, 4) is 11.3 Å². The number of nitrogens with zero attached hydrogens (tertiary/aromatic N) is 2. The molecule has 2 aromatic rings. The molecule has 0 saturated heterocycles. The summed E-state index contributed by atoms with van der Waals surface area (Å²) in [4.78, 5) is 15.3. The first kappa shape index (κ1) is 16.7. The van der Waals surface area contributed by atoms with Gasteiger partial charge < -0.3 is 9.52 Å². The molecule has 1 heterocycles. The molecule has 0 aliphatic heterocycles. The van der Waals surface area contributed by atoms with E-state index in [0.717, 1.165) is 16.3 Å². The average molecular weight is 350 g/mol. The third-order valence-corrected chi connectivity index (χ3v) is 6.06. The highest BCUT2D eigenvalue weighted by molar-refractivity contribution is 7.89. The molecule has 24 heavy (non-hydrogen) atoms. The minimum atomic E-state index is -3.84. The van der Waals surface area contributed by atoms with E-state index in [4.69, 9.17) is 9.52 Å². The van der Waals surface area contributed by atoms with Crippen LogP contribution in [0.2, 0.25) is 0 Å². The summed E-state index contributed by atoms with van der Waals surface area (Å²) in [6, 6.07) is 6.00. The van der Waals surface area contributed by atoms with E-state index in [1.807, 2.05) is 0 Å². The van der Waals surface area contributed by atoms with Crippen LogP contribution in [0.4, 0.5) is 0 Å². The van der Waals surface area contributed by atoms with Gasteiger partial charge in [-0.15, -0.1) is 0 Å². The Morgan fingerprint density at radius 1 is 1.33 bits per heavy atom. The van der Waals surface area contributed by atoms with E-state index in [0.29, 0.717) is 24.4 Å². The van der Waals surface area contributed by atoms with Gasteiger partial charge >= 0.3 is 5.97 Å². The van der Waals surface area contributed by atoms with E-state index in [1.54, 1.807) is 19.1 Å². The Balaban J connectivity index is 1.89. The highest BCUT2D eigenvalue weighted by atomic mass is 32.2. The van der Waals surface area contributed by atoms with Crippen molar-refractivity contribution in [2.75, 3.05) is 6.54 Å². The smallest absolute Gasteiger partial charge is 0.318 e. The van der Waals surface area contributed by atoms with Gasteiger partial charge in [-0.3, -0.25) is 4.79 Å². The number of aromatic nitrogens is 1. The maximum Gasteiger partial charge on any atom is 0.318 e. The Hall–Kier alpha value is -2.19. The molecule has 1 aliphatic rings. The van der Waals surface area contributed by atoms with Crippen LogP contribution < -0.4 is 0 Å². The lowest BCUT2D eigenvalue weighted by molar-refractivity contribution is -0.137. The summed E-state index contributed by atoms with van der Waals surface area (Å²) in [5.74, 6) is -0.625. The molecule has 1 N–H and O–H groups in total. The number of hydrogen-bond donors (Lipinski definition) is 1. The molecular formula is C16H18N2O5S. The number of carboxylic acids is 1. The summed E-state index contributed by atoms with van der Waals surface area (Å²) in [6.45, 7) is 1.21. The van der Waals surface area contributed by atoms with Crippen LogP contribution in [0.3, 0.4) is 0 Å². The molecule has 7 nitrogen and oxygen atoms in total. The third kappa shape index (κ3) is 3.20. The summed E-state index contributed by atoms with van der Waals surface area (Å²) in [5, 5.41) is 9.03. The van der Waals surface area contributed by atoms with E-state index in [9.17, 15) is 13.2 Å². The number of carboxylic acid groups (broad SMARTS) is 1. The van der Waals surface area contributed by atoms with Gasteiger partial charge in [0.05, 0.1) is 4.90 Å². The minimum absolute atomic E-state index is 0.0830. The summed E-state index contributed by atoms with van der Waals surface area (Å²) in [6.07, 6.45) is 3.82. The lowest BCUT2D eigenvalue weighted by Gasteiger charge is -2.35. The number of sulfonamides is 1. The SMILES string of the molecule is Cc1nc(-c2ccc(S(=O)(=O)N(CC(=O)O)C3CCC3)cc2)co1. The average Bonchev–Trinajstić information content (AvgIpc) is 2.91. The van der Waals surface area contributed by atoms with Crippen LogP contribution in [0.15, 0.2) is 39.8 Å². The summed E-state index contributed by atoms with van der Waals surface area (Å²) < 4.78 is 31.8. The van der Waals surface area contributed by atoms with E-state index < -0.39 is 22.5 Å². The van der Waals surface area contributed by atoms with Crippen LogP contribution in [-0.4, -0.2) is 41.4 Å². The monoisotopic (exact) mass is 350 g/mol. The number of carbonyl (C=O) groups is 1. The molecule has 0 amide bonds. The zero-order valence-corrected chi connectivity index (χ0v) is 14.0. The first-order valence-electron chi connectivity index (χ1n) is 7.64. The molecule has 8 heteroatoms. The number of benzene rings is 1. The molecule has 1 aromatic heterocycles. The van der Waals surface area contributed by atoms with Crippen molar-refractivity contribution in [2.45, 2.75) is 37.1 Å². The zero-order chi connectivity index (χ0) is 17.3. The van der Waals surface area contributed by atoms with Crippen LogP contribution in [0.25, 0.3) is 11.3 Å². The quantitative estimate of drug-likeness (QED) is 0.858. The number of oxazole rings is 1. The van der Waals surface area contributed by atoms with Crippen molar-refractivity contribution in [1.29, 1.82) is 0 Å². The standard InChI is InChI=1S/C16H18N2O5S/c1-11-17-15(10-23-11)12-5-7-14(8-6-12)24(21,22)18(9-16(19)20)13-3-2-4-13/h5-8,10,13H,2-4,9H2,1H3,(H,19,20). The van der Waals surface area contributed by atoms with Gasteiger partial charge in [0, 0.05) is 18.5 Å². The molecule has 0 bridgehead atoms. The van der Waals surface area contributed by atoms with Gasteiger partial charge in [-0.2, -0.15) is 4.31 Å². The molecule has 1 aromatic carbocycles. The first-order chi connectivity index (χ1) is 11.4. The number of hydrogen-bond acceptors (Lipinski definition) is 5. The molecular weight excluding hydrogens is 332 g/mol. The van der Waals surface area contributed by atoms with E-state index in [2.05, 4.69) is 4.98 Å². The van der Waals surface area contributed by atoms with Crippen LogP contribution in [0.1, 0.15) is 25.2 Å². The lowest BCUT2D eigenvalue weighted by Crippen LogP contribution is -2.46. The highest BCUT2D eigenvalue weighted by Gasteiger charge is 2.36. The fraction of sp³-hybridized carbons (Fsp3) is 0.375. The van der Waals surface area contributed by atoms with Crippen LogP contribution in [0.5, 0.6) is 0 Å². The first-order valence-corrected chi connectivity index (χ1v) is 9.08. The Kier molecular flexibility index (Phi) is 4.42. The highest BCUT2D eigenvalue weighted by Crippen LogP contribution is 2.30. The van der Waals surface area contributed by atoms with Crippen LogP contribution in [0, 0.1) is 6.92 Å². The van der Waals surface area contributed by atoms with Gasteiger partial charge in [-0.05, 0) is 25.0 Å². The van der Waals surface area contributed by atoms with Gasteiger partial charge in [0.2, 0.25) is 10.0 Å². The van der Waals surface area contributed by atoms with Crippen LogP contribution in [-0.2, 0) is 14.8 Å². The topological polar surface area (TPSA) is 101 Å². The fourth-order valence-corrected chi connectivity index (χ4v) is 4.28. The Bertz CT molecular complexity index is 838. The maximum absolute atomic E-state index is 12.8. The van der Waals surface area contributed by atoms with E-state index >= 15 is 0 Å². The van der Waals surface area contributed by atoms with Crippen LogP contribution >= 0.6 is 0 Å². The molecule has 128 valence electrons. The van der Waals surface area contributed by atoms with E-state index in [-0.39, 0.29) is 10.9 Å². The normalized spacial score (nSPS) is 15.4. The summed E-state index contributed by atoms with van der Waals surface area (Å²) >= 11 is 0. The zero-order valence-electron chi connectivity index (χ0n) is 13.2. The molecule has 0 radical (unpaired) electrons. The molecule has 1 saturated carbocycles. The van der Waals surface area contributed by atoms with Crippen molar-refractivity contribution >= 4 is 16.0 Å². The summed E-state index contributed by atoms with van der Waals surface area (Å²) in [5.41, 5.74) is 1.36. The Morgan fingerprint density at radius 2 is 2.00 bits per heavy atom. The maximum atomic E-state index is 12.8. The number of aliphatic carboxylic acids is 1. The van der Waals surface area contributed by atoms with E-state index in [1.165, 1.54) is 18.4 Å². The van der Waals surface area contributed by atoms with Gasteiger partial charge in [-0.25, -0.2) is 13.4 Å². The summed E-state index contributed by atoms with van der Waals surface area (Å²) in [7, 11) is -3.84. The fourth-order valence-electron chi connectivity index (χ4n) is 2.65. The molecule has 1 fully saturated rings. The van der Waals surface area contributed by atoms with Crippen molar-refractivity contribution < 1.29 is 22.7 Å². The molecule has 1 aliphatic carbocycles.